The number of carbonyl (C=O) groups is 2. The average molecular weight is 480 g/mol. The molecule has 2 amide bonds. The minimum atomic E-state index is -3.83. The molecule has 2 aliphatic rings. The Kier molecular flexibility index (Phi) is 5.65. The van der Waals surface area contributed by atoms with Crippen molar-refractivity contribution in [1.29, 1.82) is 0 Å². The summed E-state index contributed by atoms with van der Waals surface area (Å²) in [5.41, 5.74) is 1.99. The van der Waals surface area contributed by atoms with E-state index in [9.17, 15) is 18.0 Å². The van der Waals surface area contributed by atoms with Gasteiger partial charge in [0.1, 0.15) is 0 Å². The molecule has 0 N–H and O–H groups in total. The summed E-state index contributed by atoms with van der Waals surface area (Å²) in [5, 5.41) is 0. The normalized spacial score (nSPS) is 18.1. The van der Waals surface area contributed by atoms with Gasteiger partial charge in [-0.3, -0.25) is 13.9 Å². The van der Waals surface area contributed by atoms with Crippen LogP contribution < -0.4 is 4.31 Å². The van der Waals surface area contributed by atoms with Crippen LogP contribution in [0.25, 0.3) is 0 Å². The highest BCUT2D eigenvalue weighted by molar-refractivity contribution is 7.92. The average Bonchev–Trinajstić information content (AvgIpc) is 3.51. The van der Waals surface area contributed by atoms with Crippen LogP contribution in [0.4, 0.5) is 5.69 Å². The standard InChI is InChI=1S/C25H25N3O5S/c1-18-16-19-6-2-3-9-22(19)28(18)34(31,32)21-8-4-7-20(17-21)24(29)26-11-13-27(14-12-26)25(30)23-10-5-15-33-23/h2-10,15,17-18H,11-14,16H2,1H3/t18-/m1/s1. The number of benzene rings is 2. The fourth-order valence-corrected chi connectivity index (χ4v) is 6.40. The van der Waals surface area contributed by atoms with Crippen LogP contribution in [-0.4, -0.2) is 62.3 Å². The zero-order chi connectivity index (χ0) is 23.9. The molecule has 0 aliphatic carbocycles. The molecule has 3 aromatic rings. The van der Waals surface area contributed by atoms with Gasteiger partial charge in [0.25, 0.3) is 21.8 Å². The quantitative estimate of drug-likeness (QED) is 0.574. The van der Waals surface area contributed by atoms with Crippen molar-refractivity contribution < 1.29 is 22.4 Å². The Labute approximate surface area is 198 Å². The van der Waals surface area contributed by atoms with Crippen LogP contribution in [0.5, 0.6) is 0 Å². The maximum absolute atomic E-state index is 13.5. The van der Waals surface area contributed by atoms with E-state index in [2.05, 4.69) is 0 Å². The second kappa shape index (κ2) is 8.64. The number of fused-ring (bicyclic) bond motifs is 1. The molecule has 1 saturated heterocycles. The Morgan fingerprint density at radius 1 is 0.882 bits per heavy atom. The molecule has 3 heterocycles. The summed E-state index contributed by atoms with van der Waals surface area (Å²) in [7, 11) is -3.83. The number of amides is 2. The number of sulfonamides is 1. The van der Waals surface area contributed by atoms with Gasteiger partial charge in [0.2, 0.25) is 0 Å². The van der Waals surface area contributed by atoms with E-state index < -0.39 is 10.0 Å². The van der Waals surface area contributed by atoms with Gasteiger partial charge in [0.15, 0.2) is 5.76 Å². The summed E-state index contributed by atoms with van der Waals surface area (Å²) in [6.45, 7) is 3.37. The van der Waals surface area contributed by atoms with Crippen molar-refractivity contribution in [2.45, 2.75) is 24.3 Å². The number of piperazine rings is 1. The highest BCUT2D eigenvalue weighted by atomic mass is 32.2. The summed E-state index contributed by atoms with van der Waals surface area (Å²) in [4.78, 5) is 29.0. The minimum Gasteiger partial charge on any atom is -0.459 e. The molecule has 1 fully saturated rings. The molecular formula is C25H25N3O5S. The molecule has 0 spiro atoms. The van der Waals surface area contributed by atoms with E-state index in [0.29, 0.717) is 43.9 Å². The topological polar surface area (TPSA) is 91.1 Å². The van der Waals surface area contributed by atoms with Gasteiger partial charge in [-0.2, -0.15) is 0 Å². The lowest BCUT2D eigenvalue weighted by Gasteiger charge is -2.34. The third-order valence-electron chi connectivity index (χ3n) is 6.37. The van der Waals surface area contributed by atoms with Gasteiger partial charge in [-0.05, 0) is 55.3 Å². The van der Waals surface area contributed by atoms with Crippen molar-refractivity contribution in [3.05, 3.63) is 83.8 Å². The first-order valence-electron chi connectivity index (χ1n) is 11.2. The van der Waals surface area contributed by atoms with Gasteiger partial charge in [-0.25, -0.2) is 8.42 Å². The zero-order valence-corrected chi connectivity index (χ0v) is 19.6. The molecule has 2 aromatic carbocycles. The second-order valence-corrected chi connectivity index (χ2v) is 10.4. The van der Waals surface area contributed by atoms with E-state index in [4.69, 9.17) is 4.42 Å². The summed E-state index contributed by atoms with van der Waals surface area (Å²) >= 11 is 0. The van der Waals surface area contributed by atoms with E-state index in [0.717, 1.165) is 5.56 Å². The van der Waals surface area contributed by atoms with Crippen molar-refractivity contribution in [2.75, 3.05) is 30.5 Å². The van der Waals surface area contributed by atoms with Crippen LogP contribution in [0.2, 0.25) is 0 Å². The Morgan fingerprint density at radius 3 is 2.29 bits per heavy atom. The molecule has 1 atom stereocenters. The molecule has 2 aliphatic heterocycles. The Bertz CT molecular complexity index is 1330. The Morgan fingerprint density at radius 2 is 1.59 bits per heavy atom. The maximum Gasteiger partial charge on any atom is 0.289 e. The predicted molar refractivity (Wildman–Crippen MR) is 126 cm³/mol. The van der Waals surface area contributed by atoms with Gasteiger partial charge in [0.05, 0.1) is 16.8 Å². The van der Waals surface area contributed by atoms with Gasteiger partial charge >= 0.3 is 0 Å². The van der Waals surface area contributed by atoms with Crippen LogP contribution in [0.1, 0.15) is 33.4 Å². The molecule has 5 rings (SSSR count). The number of anilines is 1. The van der Waals surface area contributed by atoms with E-state index in [1.165, 1.54) is 22.7 Å². The molecule has 1 aromatic heterocycles. The van der Waals surface area contributed by atoms with Gasteiger partial charge in [-0.15, -0.1) is 0 Å². The molecule has 0 saturated carbocycles. The third kappa shape index (κ3) is 3.86. The molecule has 176 valence electrons. The van der Waals surface area contributed by atoms with Gasteiger partial charge in [0, 0.05) is 37.8 Å². The van der Waals surface area contributed by atoms with Gasteiger partial charge in [-0.1, -0.05) is 24.3 Å². The third-order valence-corrected chi connectivity index (χ3v) is 8.29. The van der Waals surface area contributed by atoms with Gasteiger partial charge < -0.3 is 14.2 Å². The zero-order valence-electron chi connectivity index (χ0n) is 18.8. The van der Waals surface area contributed by atoms with Crippen LogP contribution in [-0.2, 0) is 16.4 Å². The number of para-hydroxylation sites is 1. The van der Waals surface area contributed by atoms with Crippen LogP contribution in [0, 0.1) is 0 Å². The minimum absolute atomic E-state index is 0.0912. The van der Waals surface area contributed by atoms with E-state index in [1.54, 1.807) is 34.1 Å². The molecule has 9 heteroatoms. The number of nitrogens with zero attached hydrogens (tertiary/aromatic N) is 3. The largest absolute Gasteiger partial charge is 0.459 e. The van der Waals surface area contributed by atoms with Crippen LogP contribution in [0.15, 0.2) is 76.2 Å². The lowest BCUT2D eigenvalue weighted by molar-refractivity contribution is 0.0518. The van der Waals surface area contributed by atoms with Crippen LogP contribution >= 0.6 is 0 Å². The smallest absolute Gasteiger partial charge is 0.289 e. The number of hydrogen-bond donors (Lipinski definition) is 0. The first kappa shape index (κ1) is 22.2. The SMILES string of the molecule is C[C@@H]1Cc2ccccc2N1S(=O)(=O)c1cccc(C(=O)N2CCN(C(=O)c3ccco3)CC2)c1. The summed E-state index contributed by atoms with van der Waals surface area (Å²) in [6, 6.07) is 16.8. The monoisotopic (exact) mass is 479 g/mol. The number of carbonyl (C=O) groups excluding carboxylic acids is 2. The summed E-state index contributed by atoms with van der Waals surface area (Å²) < 4.78 is 33.7. The Balaban J connectivity index is 1.33. The molecule has 8 nitrogen and oxygen atoms in total. The Hall–Kier alpha value is -3.59. The maximum atomic E-state index is 13.5. The number of rotatable bonds is 4. The molecule has 34 heavy (non-hydrogen) atoms. The first-order chi connectivity index (χ1) is 16.4. The number of furan rings is 1. The highest BCUT2D eigenvalue weighted by Crippen LogP contribution is 2.36. The van der Waals surface area contributed by atoms with E-state index >= 15 is 0 Å². The highest BCUT2D eigenvalue weighted by Gasteiger charge is 2.36. The molecule has 0 bridgehead atoms. The fraction of sp³-hybridized carbons (Fsp3) is 0.280. The first-order valence-corrected chi connectivity index (χ1v) is 12.6. The predicted octanol–water partition coefficient (Wildman–Crippen LogP) is 3.02. The molecule has 0 unspecified atom stereocenters. The van der Waals surface area contributed by atoms with Crippen molar-refractivity contribution in [3.8, 4) is 0 Å². The second-order valence-electron chi connectivity index (χ2n) is 8.57. The van der Waals surface area contributed by atoms with Crippen LogP contribution in [0.3, 0.4) is 0 Å². The van der Waals surface area contributed by atoms with Crippen molar-refractivity contribution in [1.82, 2.24) is 9.80 Å². The van der Waals surface area contributed by atoms with E-state index in [-0.39, 0.29) is 28.5 Å². The lowest BCUT2D eigenvalue weighted by atomic mass is 10.1. The van der Waals surface area contributed by atoms with E-state index in [1.807, 2.05) is 31.2 Å². The lowest BCUT2D eigenvalue weighted by Crippen LogP contribution is -2.50. The van der Waals surface area contributed by atoms with Crippen molar-refractivity contribution in [2.24, 2.45) is 0 Å². The van der Waals surface area contributed by atoms with Crippen molar-refractivity contribution in [3.63, 3.8) is 0 Å². The molecular weight excluding hydrogens is 454 g/mol. The number of hydrogen-bond acceptors (Lipinski definition) is 5. The summed E-state index contributed by atoms with van der Waals surface area (Å²) in [5.74, 6) is -0.183. The summed E-state index contributed by atoms with van der Waals surface area (Å²) in [6.07, 6.45) is 2.10. The fourth-order valence-electron chi connectivity index (χ4n) is 4.66. The van der Waals surface area contributed by atoms with Crippen molar-refractivity contribution >= 4 is 27.5 Å². The molecule has 0 radical (unpaired) electrons.